The van der Waals surface area contributed by atoms with E-state index in [0.717, 1.165) is 36.6 Å². The number of rotatable bonds is 2. The number of hydrogen-bond donors (Lipinski definition) is 1. The van der Waals surface area contributed by atoms with E-state index in [0.29, 0.717) is 5.56 Å². The van der Waals surface area contributed by atoms with Gasteiger partial charge in [-0.15, -0.1) is 0 Å². The molecule has 2 aliphatic rings. The van der Waals surface area contributed by atoms with Crippen LogP contribution in [0.4, 0.5) is 5.82 Å². The van der Waals surface area contributed by atoms with Gasteiger partial charge in [0.1, 0.15) is 11.9 Å². The molecule has 0 bridgehead atoms. The predicted octanol–water partition coefficient (Wildman–Crippen LogP) is 2.23. The van der Waals surface area contributed by atoms with Crippen LogP contribution in [0.3, 0.4) is 0 Å². The van der Waals surface area contributed by atoms with E-state index in [1.165, 1.54) is 32.2 Å². The van der Waals surface area contributed by atoms with Gasteiger partial charge < -0.3 is 10.2 Å². The minimum absolute atomic E-state index is 0.702. The summed E-state index contributed by atoms with van der Waals surface area (Å²) in [5.41, 5.74) is 1.69. The van der Waals surface area contributed by atoms with Gasteiger partial charge in [0.2, 0.25) is 0 Å². The minimum Gasteiger partial charge on any atom is -0.355 e. The maximum Gasteiger partial charge on any atom is 0.146 e. The molecule has 3 rings (SSSR count). The van der Waals surface area contributed by atoms with Crippen LogP contribution in [0.2, 0.25) is 0 Å². The number of piperidine rings is 1. The van der Waals surface area contributed by atoms with Crippen molar-refractivity contribution in [3.05, 3.63) is 23.4 Å². The normalized spacial score (nSPS) is 23.8. The molecular weight excluding hydrogens is 248 g/mol. The first-order chi connectivity index (χ1) is 9.78. The number of aryl methyl sites for hydroxylation is 1. The smallest absolute Gasteiger partial charge is 0.146 e. The van der Waals surface area contributed by atoms with E-state index >= 15 is 0 Å². The molecule has 2 aliphatic heterocycles. The fraction of sp³-hybridized carbons (Fsp3) is 0.625. The molecule has 0 aromatic carbocycles. The molecule has 0 saturated carbocycles. The van der Waals surface area contributed by atoms with Crippen LogP contribution in [0.15, 0.2) is 12.1 Å². The van der Waals surface area contributed by atoms with Crippen molar-refractivity contribution in [2.24, 2.45) is 5.92 Å². The Hall–Kier alpha value is -1.60. The van der Waals surface area contributed by atoms with Crippen LogP contribution in [0.5, 0.6) is 0 Å². The second-order valence-corrected chi connectivity index (χ2v) is 5.96. The van der Waals surface area contributed by atoms with Crippen LogP contribution in [-0.2, 0) is 0 Å². The number of anilines is 1. The summed E-state index contributed by atoms with van der Waals surface area (Å²) in [5, 5.41) is 12.9. The van der Waals surface area contributed by atoms with Crippen LogP contribution >= 0.6 is 0 Å². The standard InChI is InChI=1S/C16H22N4/c1-12-4-5-14(11-17)16(19-12)20-9-6-13(7-10-20)15-3-2-8-18-15/h4-5,13,15,18H,2-3,6-10H2,1H3. The molecule has 1 unspecified atom stereocenters. The van der Waals surface area contributed by atoms with E-state index in [2.05, 4.69) is 21.3 Å². The fourth-order valence-corrected chi connectivity index (χ4v) is 3.50. The van der Waals surface area contributed by atoms with E-state index in [-0.39, 0.29) is 0 Å². The average molecular weight is 270 g/mol. The van der Waals surface area contributed by atoms with Crippen LogP contribution in [-0.4, -0.2) is 30.7 Å². The molecule has 0 aliphatic carbocycles. The van der Waals surface area contributed by atoms with Crippen molar-refractivity contribution in [1.29, 1.82) is 5.26 Å². The summed E-state index contributed by atoms with van der Waals surface area (Å²) in [7, 11) is 0. The van der Waals surface area contributed by atoms with Crippen LogP contribution < -0.4 is 10.2 Å². The number of nitriles is 1. The van der Waals surface area contributed by atoms with Crippen molar-refractivity contribution >= 4 is 5.82 Å². The number of nitrogens with zero attached hydrogens (tertiary/aromatic N) is 3. The SMILES string of the molecule is Cc1ccc(C#N)c(N2CCC(C3CCCN3)CC2)n1. The molecule has 1 aromatic heterocycles. The molecular formula is C16H22N4. The van der Waals surface area contributed by atoms with Crippen molar-refractivity contribution in [2.45, 2.75) is 38.6 Å². The lowest BCUT2D eigenvalue weighted by Crippen LogP contribution is -2.41. The van der Waals surface area contributed by atoms with E-state index in [1.54, 1.807) is 0 Å². The molecule has 1 N–H and O–H groups in total. The van der Waals surface area contributed by atoms with Gasteiger partial charge in [-0.05, 0) is 57.2 Å². The number of nitrogens with one attached hydrogen (secondary N) is 1. The van der Waals surface area contributed by atoms with E-state index in [4.69, 9.17) is 0 Å². The molecule has 20 heavy (non-hydrogen) atoms. The zero-order valence-electron chi connectivity index (χ0n) is 12.1. The largest absolute Gasteiger partial charge is 0.355 e. The van der Waals surface area contributed by atoms with Gasteiger partial charge in [0.05, 0.1) is 5.56 Å². The average Bonchev–Trinajstić information content (AvgIpc) is 3.02. The Morgan fingerprint density at radius 3 is 2.75 bits per heavy atom. The van der Waals surface area contributed by atoms with Crippen molar-refractivity contribution in [3.8, 4) is 6.07 Å². The zero-order chi connectivity index (χ0) is 13.9. The summed E-state index contributed by atoms with van der Waals surface area (Å²) in [6, 6.07) is 6.80. The Balaban J connectivity index is 1.69. The quantitative estimate of drug-likeness (QED) is 0.895. The predicted molar refractivity (Wildman–Crippen MR) is 79.7 cm³/mol. The summed E-state index contributed by atoms with van der Waals surface area (Å²) in [5.74, 6) is 1.68. The maximum absolute atomic E-state index is 9.24. The number of pyridine rings is 1. The molecule has 0 amide bonds. The first-order valence-corrected chi connectivity index (χ1v) is 7.64. The summed E-state index contributed by atoms with van der Waals surface area (Å²) < 4.78 is 0. The lowest BCUT2D eigenvalue weighted by Gasteiger charge is -2.36. The van der Waals surface area contributed by atoms with E-state index in [9.17, 15) is 5.26 Å². The third kappa shape index (κ3) is 2.64. The maximum atomic E-state index is 9.24. The molecule has 2 saturated heterocycles. The molecule has 4 nitrogen and oxygen atoms in total. The minimum atomic E-state index is 0.702. The molecule has 106 valence electrons. The summed E-state index contributed by atoms with van der Waals surface area (Å²) in [6.07, 6.45) is 5.07. The highest BCUT2D eigenvalue weighted by Crippen LogP contribution is 2.29. The highest BCUT2D eigenvalue weighted by molar-refractivity contribution is 5.54. The lowest BCUT2D eigenvalue weighted by atomic mass is 9.88. The van der Waals surface area contributed by atoms with E-state index < -0.39 is 0 Å². The Bertz CT molecular complexity index is 506. The number of aromatic nitrogens is 1. The third-order valence-electron chi connectivity index (χ3n) is 4.64. The van der Waals surface area contributed by atoms with Crippen molar-refractivity contribution in [1.82, 2.24) is 10.3 Å². The first kappa shape index (κ1) is 13.4. The van der Waals surface area contributed by atoms with Crippen LogP contribution in [0.1, 0.15) is 36.9 Å². The molecule has 1 aromatic rings. The second kappa shape index (κ2) is 5.80. The van der Waals surface area contributed by atoms with Gasteiger partial charge in [-0.3, -0.25) is 0 Å². The molecule has 0 spiro atoms. The zero-order valence-corrected chi connectivity index (χ0v) is 12.1. The first-order valence-electron chi connectivity index (χ1n) is 7.64. The van der Waals surface area contributed by atoms with E-state index in [1.807, 2.05) is 19.1 Å². The monoisotopic (exact) mass is 270 g/mol. The lowest BCUT2D eigenvalue weighted by molar-refractivity contribution is 0.318. The molecule has 0 radical (unpaired) electrons. The van der Waals surface area contributed by atoms with Crippen molar-refractivity contribution < 1.29 is 0 Å². The molecule has 1 atom stereocenters. The summed E-state index contributed by atoms with van der Waals surface area (Å²) >= 11 is 0. The highest BCUT2D eigenvalue weighted by Gasteiger charge is 2.29. The molecule has 3 heterocycles. The van der Waals surface area contributed by atoms with Gasteiger partial charge in [-0.1, -0.05) is 0 Å². The summed E-state index contributed by atoms with van der Waals surface area (Å²) in [4.78, 5) is 6.87. The van der Waals surface area contributed by atoms with Crippen LogP contribution in [0, 0.1) is 24.2 Å². The summed E-state index contributed by atoms with van der Waals surface area (Å²) in [6.45, 7) is 5.21. The van der Waals surface area contributed by atoms with Gasteiger partial charge in [-0.25, -0.2) is 4.98 Å². The van der Waals surface area contributed by atoms with Gasteiger partial charge in [0.15, 0.2) is 0 Å². The third-order valence-corrected chi connectivity index (χ3v) is 4.64. The van der Waals surface area contributed by atoms with Gasteiger partial charge >= 0.3 is 0 Å². The van der Waals surface area contributed by atoms with Gasteiger partial charge in [0.25, 0.3) is 0 Å². The molecule has 2 fully saturated rings. The molecule has 4 heteroatoms. The Kier molecular flexibility index (Phi) is 3.88. The Morgan fingerprint density at radius 1 is 1.30 bits per heavy atom. The fourth-order valence-electron chi connectivity index (χ4n) is 3.50. The number of hydrogen-bond acceptors (Lipinski definition) is 4. The Labute approximate surface area is 120 Å². The van der Waals surface area contributed by atoms with Gasteiger partial charge in [0, 0.05) is 24.8 Å². The second-order valence-electron chi connectivity index (χ2n) is 5.96. The van der Waals surface area contributed by atoms with Gasteiger partial charge in [-0.2, -0.15) is 5.26 Å². The van der Waals surface area contributed by atoms with Crippen molar-refractivity contribution in [3.63, 3.8) is 0 Å². The van der Waals surface area contributed by atoms with Crippen molar-refractivity contribution in [2.75, 3.05) is 24.5 Å². The topological polar surface area (TPSA) is 52.0 Å². The van der Waals surface area contributed by atoms with Crippen LogP contribution in [0.25, 0.3) is 0 Å². The Morgan fingerprint density at radius 2 is 2.10 bits per heavy atom. The highest BCUT2D eigenvalue weighted by atomic mass is 15.2.